The van der Waals surface area contributed by atoms with E-state index in [4.69, 9.17) is 4.74 Å². The lowest BCUT2D eigenvalue weighted by Gasteiger charge is -2.10. The summed E-state index contributed by atoms with van der Waals surface area (Å²) in [6, 6.07) is 16.6. The Balaban J connectivity index is 1.73. The van der Waals surface area contributed by atoms with Crippen molar-refractivity contribution >= 4 is 23.6 Å². The van der Waals surface area contributed by atoms with Gasteiger partial charge in [-0.2, -0.15) is 0 Å². The molecule has 0 bridgehead atoms. The summed E-state index contributed by atoms with van der Waals surface area (Å²) in [5.74, 6) is 0.376. The molecule has 0 saturated carbocycles. The van der Waals surface area contributed by atoms with Gasteiger partial charge in [-0.05, 0) is 24.3 Å². The van der Waals surface area contributed by atoms with Crippen LogP contribution in [0.4, 0.5) is 0 Å². The SMILES string of the molecule is COC(=O)c1ccccc1OCC(=O)NCCSc1ccccc1. The van der Waals surface area contributed by atoms with Crippen LogP contribution in [0.5, 0.6) is 5.75 Å². The van der Waals surface area contributed by atoms with Crippen molar-refractivity contribution in [1.29, 1.82) is 0 Å². The quantitative estimate of drug-likeness (QED) is 0.453. The second-order valence-corrected chi connectivity index (χ2v) is 5.96. The van der Waals surface area contributed by atoms with E-state index in [2.05, 4.69) is 10.1 Å². The van der Waals surface area contributed by atoms with Crippen LogP contribution >= 0.6 is 11.8 Å². The van der Waals surface area contributed by atoms with Crippen molar-refractivity contribution in [2.75, 3.05) is 26.0 Å². The molecule has 0 unspecified atom stereocenters. The first kappa shape index (κ1) is 17.9. The molecule has 0 aliphatic rings. The number of carbonyl (C=O) groups is 2. The predicted octanol–water partition coefficient (Wildman–Crippen LogP) is 2.76. The fraction of sp³-hybridized carbons (Fsp3) is 0.222. The first-order valence-corrected chi connectivity index (χ1v) is 8.44. The number of hydrogen-bond donors (Lipinski definition) is 1. The summed E-state index contributed by atoms with van der Waals surface area (Å²) >= 11 is 1.67. The molecular weight excluding hydrogens is 326 g/mol. The Hall–Kier alpha value is -2.47. The summed E-state index contributed by atoms with van der Waals surface area (Å²) in [6.45, 7) is 0.393. The molecule has 0 atom stereocenters. The van der Waals surface area contributed by atoms with Gasteiger partial charge in [-0.1, -0.05) is 30.3 Å². The molecule has 5 nitrogen and oxygen atoms in total. The number of methoxy groups -OCH3 is 1. The lowest BCUT2D eigenvalue weighted by Crippen LogP contribution is -2.30. The highest BCUT2D eigenvalue weighted by atomic mass is 32.2. The third-order valence-electron chi connectivity index (χ3n) is 3.09. The zero-order valence-electron chi connectivity index (χ0n) is 13.4. The van der Waals surface area contributed by atoms with Crippen molar-refractivity contribution in [3.63, 3.8) is 0 Å². The zero-order valence-corrected chi connectivity index (χ0v) is 14.2. The summed E-state index contributed by atoms with van der Waals surface area (Å²) in [5, 5.41) is 2.78. The Labute approximate surface area is 145 Å². The molecule has 126 valence electrons. The van der Waals surface area contributed by atoms with Crippen LogP contribution in [0.3, 0.4) is 0 Å². The molecule has 0 radical (unpaired) electrons. The molecule has 2 aromatic rings. The molecule has 0 aromatic heterocycles. The number of hydrogen-bond acceptors (Lipinski definition) is 5. The number of para-hydroxylation sites is 1. The minimum Gasteiger partial charge on any atom is -0.483 e. The molecule has 24 heavy (non-hydrogen) atoms. The highest BCUT2D eigenvalue weighted by Crippen LogP contribution is 2.18. The van der Waals surface area contributed by atoms with Crippen molar-refractivity contribution in [2.45, 2.75) is 4.90 Å². The molecule has 2 rings (SSSR count). The first-order valence-electron chi connectivity index (χ1n) is 7.45. The number of esters is 1. The number of carbonyl (C=O) groups excluding carboxylic acids is 2. The van der Waals surface area contributed by atoms with Gasteiger partial charge in [-0.25, -0.2) is 4.79 Å². The Morgan fingerprint density at radius 3 is 2.50 bits per heavy atom. The van der Waals surface area contributed by atoms with Crippen LogP contribution in [0, 0.1) is 0 Å². The van der Waals surface area contributed by atoms with Crippen LogP contribution in [0.15, 0.2) is 59.5 Å². The molecule has 0 fully saturated rings. The van der Waals surface area contributed by atoms with Crippen LogP contribution in [0.2, 0.25) is 0 Å². The summed E-state index contributed by atoms with van der Waals surface area (Å²) in [5.41, 5.74) is 0.299. The molecule has 0 saturated heterocycles. The maximum atomic E-state index is 11.8. The highest BCUT2D eigenvalue weighted by molar-refractivity contribution is 7.99. The van der Waals surface area contributed by atoms with E-state index in [0.717, 1.165) is 10.6 Å². The fourth-order valence-electron chi connectivity index (χ4n) is 1.94. The van der Waals surface area contributed by atoms with E-state index >= 15 is 0 Å². The van der Waals surface area contributed by atoms with Crippen molar-refractivity contribution in [2.24, 2.45) is 0 Å². The van der Waals surface area contributed by atoms with Gasteiger partial charge in [0.05, 0.1) is 7.11 Å². The zero-order chi connectivity index (χ0) is 17.2. The summed E-state index contributed by atoms with van der Waals surface area (Å²) in [6.07, 6.45) is 0. The van der Waals surface area contributed by atoms with Crippen LogP contribution in [0.25, 0.3) is 0 Å². The number of rotatable bonds is 8. The fourth-order valence-corrected chi connectivity index (χ4v) is 2.73. The largest absolute Gasteiger partial charge is 0.483 e. The second-order valence-electron chi connectivity index (χ2n) is 4.79. The third kappa shape index (κ3) is 5.62. The van der Waals surface area contributed by atoms with Crippen LogP contribution in [0.1, 0.15) is 10.4 Å². The molecule has 2 aromatic carbocycles. The third-order valence-corrected chi connectivity index (χ3v) is 4.10. The molecule has 1 N–H and O–H groups in total. The maximum absolute atomic E-state index is 11.8. The Morgan fingerprint density at radius 1 is 1.04 bits per heavy atom. The van der Waals surface area contributed by atoms with E-state index in [-0.39, 0.29) is 12.5 Å². The smallest absolute Gasteiger partial charge is 0.341 e. The predicted molar refractivity (Wildman–Crippen MR) is 93.5 cm³/mol. The van der Waals surface area contributed by atoms with Crippen molar-refractivity contribution in [3.05, 3.63) is 60.2 Å². The monoisotopic (exact) mass is 345 g/mol. The average molecular weight is 345 g/mol. The van der Waals surface area contributed by atoms with E-state index in [1.54, 1.807) is 36.0 Å². The van der Waals surface area contributed by atoms with Gasteiger partial charge in [0, 0.05) is 17.2 Å². The molecule has 0 spiro atoms. The average Bonchev–Trinajstić information content (AvgIpc) is 2.64. The minimum absolute atomic E-state index is 0.149. The molecule has 1 amide bonds. The van der Waals surface area contributed by atoms with Crippen LogP contribution in [-0.4, -0.2) is 37.9 Å². The van der Waals surface area contributed by atoms with E-state index in [9.17, 15) is 9.59 Å². The van der Waals surface area contributed by atoms with Gasteiger partial charge in [0.2, 0.25) is 0 Å². The first-order chi connectivity index (χ1) is 11.7. The highest BCUT2D eigenvalue weighted by Gasteiger charge is 2.13. The van der Waals surface area contributed by atoms with Crippen molar-refractivity contribution in [3.8, 4) is 5.75 Å². The number of nitrogens with one attached hydrogen (secondary N) is 1. The Bertz CT molecular complexity index is 676. The van der Waals surface area contributed by atoms with Gasteiger partial charge in [0.15, 0.2) is 6.61 Å². The van der Waals surface area contributed by atoms with Gasteiger partial charge in [0.1, 0.15) is 11.3 Å². The summed E-state index contributed by atoms with van der Waals surface area (Å²) < 4.78 is 10.1. The molecule has 0 aliphatic carbocycles. The molecule has 0 aliphatic heterocycles. The lowest BCUT2D eigenvalue weighted by atomic mass is 10.2. The Kier molecular flexibility index (Phi) is 7.17. The number of amides is 1. The van der Waals surface area contributed by atoms with Crippen molar-refractivity contribution in [1.82, 2.24) is 5.32 Å². The number of thioether (sulfide) groups is 1. The normalized spacial score (nSPS) is 10.0. The lowest BCUT2D eigenvalue weighted by molar-refractivity contribution is -0.122. The molecular formula is C18H19NO4S. The van der Waals surface area contributed by atoms with Gasteiger partial charge in [0.25, 0.3) is 5.91 Å². The van der Waals surface area contributed by atoms with E-state index in [1.807, 2.05) is 30.3 Å². The molecule has 0 heterocycles. The number of ether oxygens (including phenoxy) is 2. The minimum atomic E-state index is -0.495. The van der Waals surface area contributed by atoms with Crippen LogP contribution in [-0.2, 0) is 9.53 Å². The standard InChI is InChI=1S/C18H19NO4S/c1-22-18(21)15-9-5-6-10-16(15)23-13-17(20)19-11-12-24-14-7-3-2-4-8-14/h2-10H,11-13H2,1H3,(H,19,20). The summed E-state index contributed by atoms with van der Waals surface area (Å²) in [7, 11) is 1.30. The topological polar surface area (TPSA) is 64.6 Å². The van der Waals surface area contributed by atoms with Gasteiger partial charge in [-0.15, -0.1) is 11.8 Å². The van der Waals surface area contributed by atoms with Crippen molar-refractivity contribution < 1.29 is 19.1 Å². The Morgan fingerprint density at radius 2 is 1.75 bits per heavy atom. The van der Waals surface area contributed by atoms with E-state index < -0.39 is 5.97 Å². The van der Waals surface area contributed by atoms with Crippen LogP contribution < -0.4 is 10.1 Å². The molecule has 6 heteroatoms. The second kappa shape index (κ2) is 9.62. The van der Waals surface area contributed by atoms with E-state index in [0.29, 0.717) is 17.9 Å². The number of benzene rings is 2. The van der Waals surface area contributed by atoms with Gasteiger partial charge >= 0.3 is 5.97 Å². The van der Waals surface area contributed by atoms with E-state index in [1.165, 1.54) is 7.11 Å². The summed E-state index contributed by atoms with van der Waals surface area (Å²) in [4.78, 5) is 24.6. The van der Waals surface area contributed by atoms with Gasteiger partial charge < -0.3 is 14.8 Å². The van der Waals surface area contributed by atoms with Gasteiger partial charge in [-0.3, -0.25) is 4.79 Å². The maximum Gasteiger partial charge on any atom is 0.341 e.